The highest BCUT2D eigenvalue weighted by atomic mass is 32.2. The van der Waals surface area contributed by atoms with Crippen LogP contribution in [0.15, 0.2) is 18.3 Å². The van der Waals surface area contributed by atoms with Crippen LogP contribution in [0.1, 0.15) is 12.6 Å². The molecule has 0 aliphatic heterocycles. The molecule has 0 saturated carbocycles. The van der Waals surface area contributed by atoms with Crippen LogP contribution in [0.25, 0.3) is 0 Å². The van der Waals surface area contributed by atoms with E-state index < -0.39 is 10.0 Å². The highest BCUT2D eigenvalue weighted by Crippen LogP contribution is 2.07. The maximum absolute atomic E-state index is 11.1. The first-order chi connectivity index (χ1) is 8.53. The van der Waals surface area contributed by atoms with Gasteiger partial charge in [0.2, 0.25) is 10.0 Å². The Morgan fingerprint density at radius 2 is 2.17 bits per heavy atom. The van der Waals surface area contributed by atoms with Crippen LogP contribution in [-0.2, 0) is 10.0 Å². The van der Waals surface area contributed by atoms with E-state index in [9.17, 15) is 8.42 Å². The van der Waals surface area contributed by atoms with Crippen LogP contribution in [0.5, 0.6) is 5.75 Å². The Balaban J connectivity index is 2.28. The van der Waals surface area contributed by atoms with Gasteiger partial charge < -0.3 is 4.74 Å². The van der Waals surface area contributed by atoms with E-state index in [4.69, 9.17) is 4.74 Å². The van der Waals surface area contributed by atoms with Crippen molar-refractivity contribution in [1.82, 2.24) is 9.71 Å². The van der Waals surface area contributed by atoms with E-state index in [0.717, 1.165) is 5.69 Å². The zero-order valence-corrected chi connectivity index (χ0v) is 11.3. The molecule has 18 heavy (non-hydrogen) atoms. The molecule has 0 atom stereocenters. The minimum absolute atomic E-state index is 0.0558. The molecule has 1 heterocycles. The first kappa shape index (κ1) is 14.5. The summed E-state index contributed by atoms with van der Waals surface area (Å²) in [6.45, 7) is 3.77. The van der Waals surface area contributed by atoms with E-state index in [2.05, 4.69) is 21.5 Å². The lowest BCUT2D eigenvalue weighted by Gasteiger charge is -2.01. The van der Waals surface area contributed by atoms with Crippen LogP contribution in [-0.4, -0.2) is 32.3 Å². The highest BCUT2D eigenvalue weighted by Gasteiger charge is 2.02. The fourth-order valence-corrected chi connectivity index (χ4v) is 1.52. The lowest BCUT2D eigenvalue weighted by atomic mass is 10.4. The predicted molar refractivity (Wildman–Crippen MR) is 69.7 cm³/mol. The summed E-state index contributed by atoms with van der Waals surface area (Å²) in [5.41, 5.74) is 0.919. The maximum Gasteiger partial charge on any atom is 0.212 e. The zero-order valence-electron chi connectivity index (χ0n) is 10.4. The number of pyridine rings is 1. The van der Waals surface area contributed by atoms with Gasteiger partial charge in [0.05, 0.1) is 18.5 Å². The van der Waals surface area contributed by atoms with Gasteiger partial charge in [0.15, 0.2) is 0 Å². The van der Waals surface area contributed by atoms with E-state index in [-0.39, 0.29) is 18.9 Å². The van der Waals surface area contributed by atoms with Crippen molar-refractivity contribution >= 4 is 10.0 Å². The van der Waals surface area contributed by atoms with Crippen molar-refractivity contribution < 1.29 is 13.2 Å². The molecule has 0 radical (unpaired) electrons. The molecule has 0 amide bonds. The molecule has 1 rings (SSSR count). The summed E-state index contributed by atoms with van der Waals surface area (Å²) >= 11 is 0. The molecule has 1 aromatic heterocycles. The van der Waals surface area contributed by atoms with Crippen molar-refractivity contribution in [1.29, 1.82) is 0 Å². The number of aromatic nitrogens is 1. The van der Waals surface area contributed by atoms with Crippen molar-refractivity contribution in [2.45, 2.75) is 13.8 Å². The fraction of sp³-hybridized carbons (Fsp3) is 0.417. The second-order valence-electron chi connectivity index (χ2n) is 3.50. The third-order valence-electron chi connectivity index (χ3n) is 2.08. The second-order valence-corrected chi connectivity index (χ2v) is 5.60. The molecule has 0 bridgehead atoms. The van der Waals surface area contributed by atoms with E-state index in [1.165, 1.54) is 0 Å². The third-order valence-corrected chi connectivity index (χ3v) is 3.42. The highest BCUT2D eigenvalue weighted by molar-refractivity contribution is 7.89. The van der Waals surface area contributed by atoms with Gasteiger partial charge in [0.1, 0.15) is 12.4 Å². The number of sulfonamides is 1. The molecular formula is C12H16N2O3S. The van der Waals surface area contributed by atoms with Crippen LogP contribution in [0.2, 0.25) is 0 Å². The molecule has 5 nitrogen and oxygen atoms in total. The van der Waals surface area contributed by atoms with Crippen LogP contribution in [0.4, 0.5) is 0 Å². The Kier molecular flexibility index (Phi) is 5.62. The quantitative estimate of drug-likeness (QED) is 0.799. The van der Waals surface area contributed by atoms with E-state index in [0.29, 0.717) is 5.75 Å². The Bertz CT molecular complexity index is 527. The fourth-order valence-electron chi connectivity index (χ4n) is 1.02. The van der Waals surface area contributed by atoms with Gasteiger partial charge in [-0.2, -0.15) is 0 Å². The predicted octanol–water partition coefficient (Wildman–Crippen LogP) is 0.712. The number of ether oxygens (including phenoxy) is 1. The average Bonchev–Trinajstić information content (AvgIpc) is 2.36. The van der Waals surface area contributed by atoms with Gasteiger partial charge >= 0.3 is 0 Å². The minimum atomic E-state index is -3.17. The number of hydrogen-bond donors (Lipinski definition) is 1. The van der Waals surface area contributed by atoms with E-state index >= 15 is 0 Å². The Morgan fingerprint density at radius 3 is 2.78 bits per heavy atom. The van der Waals surface area contributed by atoms with Crippen molar-refractivity contribution in [3.05, 3.63) is 24.0 Å². The molecule has 0 unspecified atom stereocenters. The van der Waals surface area contributed by atoms with Crippen molar-refractivity contribution in [3.8, 4) is 17.6 Å². The smallest absolute Gasteiger partial charge is 0.212 e. The number of rotatable bonds is 5. The first-order valence-corrected chi connectivity index (χ1v) is 7.17. The molecule has 0 spiro atoms. The summed E-state index contributed by atoms with van der Waals surface area (Å²) in [6, 6.07) is 3.65. The van der Waals surface area contributed by atoms with Crippen molar-refractivity contribution in [3.63, 3.8) is 0 Å². The Morgan fingerprint density at radius 1 is 1.39 bits per heavy atom. The Hall–Kier alpha value is -1.58. The topological polar surface area (TPSA) is 68.3 Å². The largest absolute Gasteiger partial charge is 0.479 e. The zero-order chi connectivity index (χ0) is 13.4. The molecule has 0 aromatic carbocycles. The summed E-state index contributed by atoms with van der Waals surface area (Å²) in [5.74, 6) is 6.09. The molecule has 1 aromatic rings. The number of aryl methyl sites for hydroxylation is 1. The van der Waals surface area contributed by atoms with Crippen molar-refractivity contribution in [2.75, 3.05) is 18.9 Å². The average molecular weight is 268 g/mol. The van der Waals surface area contributed by atoms with Gasteiger partial charge in [-0.25, -0.2) is 13.1 Å². The van der Waals surface area contributed by atoms with Crippen LogP contribution in [0, 0.1) is 18.8 Å². The standard InChI is InChI=1S/C12H16N2O3S/c1-3-18(15,16)14-8-4-5-9-17-12-7-6-11(2)13-10-12/h6-7,10,14H,3,8-9H2,1-2H3. The van der Waals surface area contributed by atoms with Gasteiger partial charge in [-0.1, -0.05) is 11.8 Å². The summed E-state index contributed by atoms with van der Waals surface area (Å²) in [5, 5.41) is 0. The molecule has 6 heteroatoms. The molecule has 0 aliphatic rings. The molecule has 1 N–H and O–H groups in total. The monoisotopic (exact) mass is 268 g/mol. The molecule has 0 saturated heterocycles. The normalized spacial score (nSPS) is 10.6. The van der Waals surface area contributed by atoms with Crippen LogP contribution < -0.4 is 9.46 Å². The van der Waals surface area contributed by atoms with Gasteiger partial charge in [0, 0.05) is 5.69 Å². The summed E-state index contributed by atoms with van der Waals surface area (Å²) in [7, 11) is -3.17. The molecular weight excluding hydrogens is 252 g/mol. The number of nitrogens with one attached hydrogen (secondary N) is 1. The number of nitrogens with zero attached hydrogens (tertiary/aromatic N) is 1. The van der Waals surface area contributed by atoms with Gasteiger partial charge in [-0.05, 0) is 26.0 Å². The van der Waals surface area contributed by atoms with Crippen molar-refractivity contribution in [2.24, 2.45) is 0 Å². The van der Waals surface area contributed by atoms with E-state index in [1.54, 1.807) is 13.1 Å². The first-order valence-electron chi connectivity index (χ1n) is 5.52. The summed E-state index contributed by atoms with van der Waals surface area (Å²) < 4.78 is 29.8. The minimum Gasteiger partial charge on any atom is -0.479 e. The third kappa shape index (κ3) is 5.66. The SMILES string of the molecule is CCS(=O)(=O)NCC#CCOc1ccc(C)nc1. The molecule has 0 fully saturated rings. The molecule has 98 valence electrons. The maximum atomic E-state index is 11.1. The van der Waals surface area contributed by atoms with Gasteiger partial charge in [-0.15, -0.1) is 0 Å². The van der Waals surface area contributed by atoms with Crippen LogP contribution in [0.3, 0.4) is 0 Å². The number of hydrogen-bond acceptors (Lipinski definition) is 4. The van der Waals surface area contributed by atoms with Gasteiger partial charge in [0.25, 0.3) is 0 Å². The summed E-state index contributed by atoms with van der Waals surface area (Å²) in [4.78, 5) is 4.07. The molecule has 0 aliphatic carbocycles. The second kappa shape index (κ2) is 6.99. The Labute approximate surface area is 108 Å². The van der Waals surface area contributed by atoms with E-state index in [1.807, 2.05) is 19.1 Å². The lowest BCUT2D eigenvalue weighted by Crippen LogP contribution is -2.25. The summed E-state index contributed by atoms with van der Waals surface area (Å²) in [6.07, 6.45) is 1.62. The van der Waals surface area contributed by atoms with Gasteiger partial charge in [-0.3, -0.25) is 4.98 Å². The lowest BCUT2D eigenvalue weighted by molar-refractivity contribution is 0.368. The van der Waals surface area contributed by atoms with Crippen LogP contribution >= 0.6 is 0 Å².